The Bertz CT molecular complexity index is 1340. The Morgan fingerprint density at radius 3 is 2.28 bits per heavy atom. The molecule has 3 aromatic carbocycles. The zero-order chi connectivity index (χ0) is 30.6. The number of carbonyl (C=O) groups is 1. The molecule has 4 nitrogen and oxygen atoms in total. The minimum absolute atomic E-state index is 0.0646. The summed E-state index contributed by atoms with van der Waals surface area (Å²) >= 11 is 0. The van der Waals surface area contributed by atoms with E-state index < -0.39 is 5.97 Å². The molecule has 5 heteroatoms. The molecular weight excluding hydrogens is 539 g/mol. The Hall–Kier alpha value is -3.44. The average molecular weight is 587 g/mol. The molecule has 0 spiro atoms. The van der Waals surface area contributed by atoms with E-state index in [9.17, 15) is 4.79 Å². The van der Waals surface area contributed by atoms with Crippen LogP contribution in [0.25, 0.3) is 11.1 Å². The van der Waals surface area contributed by atoms with E-state index >= 15 is 4.39 Å². The smallest absolute Gasteiger partial charge is 0.333 e. The number of hydrogen-bond acceptors (Lipinski definition) is 4. The highest BCUT2D eigenvalue weighted by Gasteiger charge is 2.22. The fraction of sp³-hybridized carbons (Fsp3) is 0.447. The summed E-state index contributed by atoms with van der Waals surface area (Å²) in [4.78, 5) is 12.0. The van der Waals surface area contributed by atoms with Crippen LogP contribution in [0.15, 0.2) is 72.8 Å². The van der Waals surface area contributed by atoms with Crippen LogP contribution in [0.1, 0.15) is 93.4 Å². The largest absolute Gasteiger partial charge is 0.491 e. The molecule has 0 atom stereocenters. The van der Waals surface area contributed by atoms with Crippen molar-refractivity contribution in [2.45, 2.75) is 90.6 Å². The molecule has 230 valence electrons. The van der Waals surface area contributed by atoms with E-state index in [-0.39, 0.29) is 25.6 Å². The van der Waals surface area contributed by atoms with E-state index in [1.807, 2.05) is 24.3 Å². The number of esters is 1. The van der Waals surface area contributed by atoms with E-state index in [1.54, 1.807) is 19.1 Å². The second kappa shape index (κ2) is 16.4. The number of aliphatic hydroxyl groups is 1. The normalized spacial score (nSPS) is 16.6. The predicted molar refractivity (Wildman–Crippen MR) is 172 cm³/mol. The maximum atomic E-state index is 15.3. The van der Waals surface area contributed by atoms with Gasteiger partial charge in [-0.2, -0.15) is 0 Å². The summed E-state index contributed by atoms with van der Waals surface area (Å²) in [7, 11) is 0. The number of aryl methyl sites for hydroxylation is 2. The highest BCUT2D eigenvalue weighted by molar-refractivity contribution is 5.86. The molecule has 43 heavy (non-hydrogen) atoms. The highest BCUT2D eigenvalue weighted by atomic mass is 19.1. The standard InChI is InChI=1S/C38H47FO4/c1-4-5-6-7-28-8-10-29(11-9-28)30-12-14-31(15-13-30)34-19-18-33(37(39)25-34)17-16-32-20-21-36(42-23-22-40)24-35(32)26-43-38(41)27(2)3/h12-15,18-21,24-25,28-29,40H,2,4-11,16-17,22-23,26H2,1,3H3. The molecule has 1 aliphatic carbocycles. The van der Waals surface area contributed by atoms with Gasteiger partial charge in [0.15, 0.2) is 0 Å². The molecule has 0 radical (unpaired) electrons. The van der Waals surface area contributed by atoms with Gasteiger partial charge in [-0.3, -0.25) is 0 Å². The maximum absolute atomic E-state index is 15.3. The minimum atomic E-state index is -0.465. The summed E-state index contributed by atoms with van der Waals surface area (Å²) in [6.45, 7) is 7.65. The molecule has 0 bridgehead atoms. The zero-order valence-electron chi connectivity index (χ0n) is 25.9. The lowest BCUT2D eigenvalue weighted by atomic mass is 9.77. The van der Waals surface area contributed by atoms with Crippen LogP contribution in [0.2, 0.25) is 0 Å². The lowest BCUT2D eigenvalue weighted by Gasteiger charge is -2.29. The van der Waals surface area contributed by atoms with Gasteiger partial charge in [0, 0.05) is 5.57 Å². The molecule has 1 N–H and O–H groups in total. The van der Waals surface area contributed by atoms with Crippen molar-refractivity contribution in [2.24, 2.45) is 5.92 Å². The number of hydrogen-bond donors (Lipinski definition) is 1. The fourth-order valence-electron chi connectivity index (χ4n) is 6.11. The van der Waals surface area contributed by atoms with Crippen LogP contribution in [0, 0.1) is 11.7 Å². The molecule has 0 aromatic heterocycles. The Morgan fingerprint density at radius 1 is 0.907 bits per heavy atom. The van der Waals surface area contributed by atoms with E-state index in [0.29, 0.717) is 35.6 Å². The van der Waals surface area contributed by atoms with Crippen molar-refractivity contribution in [3.63, 3.8) is 0 Å². The van der Waals surface area contributed by atoms with Crippen LogP contribution < -0.4 is 4.74 Å². The van der Waals surface area contributed by atoms with Gasteiger partial charge in [0.2, 0.25) is 0 Å². The molecule has 1 aliphatic rings. The Balaban J connectivity index is 1.37. The Kier molecular flexibility index (Phi) is 12.4. The summed E-state index contributed by atoms with van der Waals surface area (Å²) < 4.78 is 26.2. The maximum Gasteiger partial charge on any atom is 0.333 e. The average Bonchev–Trinajstić information content (AvgIpc) is 3.03. The van der Waals surface area contributed by atoms with Crippen LogP contribution in [-0.2, 0) is 29.0 Å². The van der Waals surface area contributed by atoms with Crippen LogP contribution in [0.4, 0.5) is 4.39 Å². The number of ether oxygens (including phenoxy) is 2. The van der Waals surface area contributed by atoms with E-state index in [0.717, 1.165) is 28.2 Å². The summed E-state index contributed by atoms with van der Waals surface area (Å²) in [6.07, 6.45) is 11.7. The van der Waals surface area contributed by atoms with Crippen LogP contribution in [0.3, 0.4) is 0 Å². The van der Waals surface area contributed by atoms with Gasteiger partial charge < -0.3 is 14.6 Å². The molecule has 3 aromatic rings. The van der Waals surface area contributed by atoms with E-state index in [1.165, 1.54) is 56.9 Å². The summed E-state index contributed by atoms with van der Waals surface area (Å²) in [6, 6.07) is 19.8. The second-order valence-electron chi connectivity index (χ2n) is 12.0. The molecule has 1 fully saturated rings. The summed E-state index contributed by atoms with van der Waals surface area (Å²) in [5.74, 6) is 1.43. The lowest BCUT2D eigenvalue weighted by Crippen LogP contribution is -2.13. The molecule has 0 saturated heterocycles. The number of carbonyl (C=O) groups excluding carboxylic acids is 1. The third-order valence-electron chi connectivity index (χ3n) is 8.74. The van der Waals surface area contributed by atoms with E-state index in [2.05, 4.69) is 37.8 Å². The first-order valence-corrected chi connectivity index (χ1v) is 15.9. The number of aliphatic hydroxyl groups excluding tert-OH is 1. The first-order chi connectivity index (χ1) is 20.9. The van der Waals surface area contributed by atoms with Crippen LogP contribution in [0.5, 0.6) is 5.75 Å². The van der Waals surface area contributed by atoms with Gasteiger partial charge in [0.1, 0.15) is 24.8 Å². The van der Waals surface area contributed by atoms with Crippen molar-refractivity contribution in [1.82, 2.24) is 0 Å². The van der Waals surface area contributed by atoms with Crippen LogP contribution in [-0.4, -0.2) is 24.3 Å². The van der Waals surface area contributed by atoms with Crippen molar-refractivity contribution in [2.75, 3.05) is 13.2 Å². The van der Waals surface area contributed by atoms with Gasteiger partial charge in [0.05, 0.1) is 6.61 Å². The second-order valence-corrected chi connectivity index (χ2v) is 12.0. The Labute approximate surface area is 256 Å². The summed E-state index contributed by atoms with van der Waals surface area (Å²) in [5.41, 5.74) is 6.01. The van der Waals surface area contributed by atoms with Gasteiger partial charge in [-0.25, -0.2) is 9.18 Å². The minimum Gasteiger partial charge on any atom is -0.491 e. The molecule has 1 saturated carbocycles. The Morgan fingerprint density at radius 2 is 1.60 bits per heavy atom. The van der Waals surface area contributed by atoms with Crippen molar-refractivity contribution in [3.8, 4) is 16.9 Å². The number of unbranched alkanes of at least 4 members (excludes halogenated alkanes) is 2. The lowest BCUT2D eigenvalue weighted by molar-refractivity contribution is -0.140. The summed E-state index contributed by atoms with van der Waals surface area (Å²) in [5, 5.41) is 9.08. The number of rotatable bonds is 15. The van der Waals surface area contributed by atoms with Crippen LogP contribution >= 0.6 is 0 Å². The van der Waals surface area contributed by atoms with Gasteiger partial charge >= 0.3 is 5.97 Å². The van der Waals surface area contributed by atoms with Crippen molar-refractivity contribution < 1.29 is 23.8 Å². The van der Waals surface area contributed by atoms with Crippen molar-refractivity contribution in [1.29, 1.82) is 0 Å². The third-order valence-corrected chi connectivity index (χ3v) is 8.74. The number of benzene rings is 3. The molecule has 0 heterocycles. The first kappa shape index (κ1) is 32.5. The first-order valence-electron chi connectivity index (χ1n) is 15.9. The van der Waals surface area contributed by atoms with Crippen molar-refractivity contribution in [3.05, 3.63) is 101 Å². The fourth-order valence-corrected chi connectivity index (χ4v) is 6.11. The molecular formula is C38H47FO4. The monoisotopic (exact) mass is 586 g/mol. The molecule has 4 rings (SSSR count). The zero-order valence-corrected chi connectivity index (χ0v) is 25.9. The molecule has 0 aliphatic heterocycles. The third kappa shape index (κ3) is 9.53. The quantitative estimate of drug-likeness (QED) is 0.110. The molecule has 0 amide bonds. The van der Waals surface area contributed by atoms with Gasteiger partial charge in [-0.05, 0) is 109 Å². The highest BCUT2D eigenvalue weighted by Crippen LogP contribution is 2.38. The topological polar surface area (TPSA) is 55.8 Å². The van der Waals surface area contributed by atoms with Gasteiger partial charge in [0.25, 0.3) is 0 Å². The predicted octanol–water partition coefficient (Wildman–Crippen LogP) is 9.12. The molecule has 0 unspecified atom stereocenters. The van der Waals surface area contributed by atoms with E-state index in [4.69, 9.17) is 14.6 Å². The SMILES string of the molecule is C=C(C)C(=O)OCc1cc(OCCO)ccc1CCc1ccc(-c2ccc(C3CCC(CCCCC)CC3)cc2)cc1F. The van der Waals surface area contributed by atoms with Gasteiger partial charge in [-0.15, -0.1) is 0 Å². The number of halogens is 1. The van der Waals surface area contributed by atoms with Gasteiger partial charge in [-0.1, -0.05) is 81.7 Å². The van der Waals surface area contributed by atoms with Crippen molar-refractivity contribution >= 4 is 5.97 Å².